The molecule has 4 rings (SSSR count). The van der Waals surface area contributed by atoms with E-state index in [0.29, 0.717) is 34.0 Å². The fourth-order valence-electron chi connectivity index (χ4n) is 3.77. The molecule has 2 aromatic carbocycles. The van der Waals surface area contributed by atoms with Crippen LogP contribution in [-0.2, 0) is 10.5 Å². The Hall–Kier alpha value is -3.89. The zero-order valence-corrected chi connectivity index (χ0v) is 19.1. The lowest BCUT2D eigenvalue weighted by atomic mass is 9.83. The van der Waals surface area contributed by atoms with Gasteiger partial charge in [-0.05, 0) is 30.7 Å². The van der Waals surface area contributed by atoms with Crippen LogP contribution in [-0.4, -0.2) is 13.0 Å². The number of rotatable bonds is 7. The Morgan fingerprint density at radius 2 is 1.94 bits per heavy atom. The van der Waals surface area contributed by atoms with Gasteiger partial charge in [0.1, 0.15) is 5.75 Å². The van der Waals surface area contributed by atoms with Crippen LogP contribution in [0.25, 0.3) is 0 Å². The molecule has 6 nitrogen and oxygen atoms in total. The van der Waals surface area contributed by atoms with Crippen LogP contribution in [0.3, 0.4) is 0 Å². The van der Waals surface area contributed by atoms with Crippen LogP contribution in [0.1, 0.15) is 24.0 Å². The van der Waals surface area contributed by atoms with Gasteiger partial charge in [0.25, 0.3) is 5.91 Å². The SMILES string of the molecule is COc1ccccc1NC(=O)C1=C(C)NC(SCc2ccccc2)=C(C#N)C1c1ccoc1. The summed E-state index contributed by atoms with van der Waals surface area (Å²) < 4.78 is 10.7. The standard InChI is InChI=1S/C26H23N3O3S/c1-17-23(25(30)29-21-10-6-7-11-22(21)31-2)24(19-12-13-32-15-19)20(14-27)26(28-17)33-16-18-8-4-3-5-9-18/h3-13,15,24,28H,16H2,1-2H3,(H,29,30). The number of furan rings is 1. The van der Waals surface area contributed by atoms with Gasteiger partial charge in [0.2, 0.25) is 0 Å². The predicted octanol–water partition coefficient (Wildman–Crippen LogP) is 5.56. The summed E-state index contributed by atoms with van der Waals surface area (Å²) in [5.41, 5.74) is 4.08. The van der Waals surface area contributed by atoms with Crippen molar-refractivity contribution in [2.75, 3.05) is 12.4 Å². The van der Waals surface area contributed by atoms with Crippen molar-refractivity contribution >= 4 is 23.4 Å². The monoisotopic (exact) mass is 457 g/mol. The molecular formula is C26H23N3O3S. The molecule has 1 atom stereocenters. The van der Waals surface area contributed by atoms with E-state index in [0.717, 1.165) is 16.2 Å². The van der Waals surface area contributed by atoms with Crippen molar-refractivity contribution in [2.24, 2.45) is 0 Å². The smallest absolute Gasteiger partial charge is 0.254 e. The first-order valence-electron chi connectivity index (χ1n) is 10.4. The first-order chi connectivity index (χ1) is 16.1. The Balaban J connectivity index is 1.68. The molecule has 0 saturated carbocycles. The van der Waals surface area contributed by atoms with E-state index >= 15 is 0 Å². The molecule has 1 aliphatic rings. The summed E-state index contributed by atoms with van der Waals surface area (Å²) in [6.07, 6.45) is 3.13. The molecule has 0 spiro atoms. The molecule has 0 bridgehead atoms. The molecule has 33 heavy (non-hydrogen) atoms. The van der Waals surface area contributed by atoms with Crippen molar-refractivity contribution in [1.29, 1.82) is 5.26 Å². The van der Waals surface area contributed by atoms with Crippen LogP contribution in [0, 0.1) is 11.3 Å². The molecule has 0 aliphatic carbocycles. The number of carbonyl (C=O) groups excluding carboxylic acids is 1. The molecule has 0 saturated heterocycles. The number of hydrogen-bond donors (Lipinski definition) is 2. The van der Waals surface area contributed by atoms with Crippen molar-refractivity contribution in [3.05, 3.63) is 106 Å². The molecule has 1 aliphatic heterocycles. The maximum absolute atomic E-state index is 13.5. The summed E-state index contributed by atoms with van der Waals surface area (Å²) in [5, 5.41) is 17.1. The number of nitrogens with one attached hydrogen (secondary N) is 2. The number of para-hydroxylation sites is 2. The van der Waals surface area contributed by atoms with Gasteiger partial charge in [-0.1, -0.05) is 42.5 Å². The number of allylic oxidation sites excluding steroid dienone is 2. The van der Waals surface area contributed by atoms with E-state index in [1.165, 1.54) is 0 Å². The molecule has 0 radical (unpaired) electrons. The van der Waals surface area contributed by atoms with Crippen molar-refractivity contribution < 1.29 is 13.9 Å². The van der Waals surface area contributed by atoms with Crippen molar-refractivity contribution in [2.45, 2.75) is 18.6 Å². The van der Waals surface area contributed by atoms with E-state index in [4.69, 9.17) is 9.15 Å². The van der Waals surface area contributed by atoms with Crippen LogP contribution in [0.15, 0.2) is 99.5 Å². The predicted molar refractivity (Wildman–Crippen MR) is 129 cm³/mol. The molecule has 7 heteroatoms. The molecule has 1 unspecified atom stereocenters. The lowest BCUT2D eigenvalue weighted by Gasteiger charge is -2.29. The molecule has 1 aromatic heterocycles. The molecule has 0 fully saturated rings. The normalized spacial score (nSPS) is 15.6. The lowest BCUT2D eigenvalue weighted by molar-refractivity contribution is -0.113. The molecular weight excluding hydrogens is 434 g/mol. The summed E-state index contributed by atoms with van der Waals surface area (Å²) in [4.78, 5) is 13.5. The summed E-state index contributed by atoms with van der Waals surface area (Å²) >= 11 is 1.54. The van der Waals surface area contributed by atoms with E-state index in [2.05, 4.69) is 16.7 Å². The topological polar surface area (TPSA) is 87.3 Å². The first kappa shape index (κ1) is 22.3. The van der Waals surface area contributed by atoms with Crippen LogP contribution in [0.5, 0.6) is 5.75 Å². The maximum Gasteiger partial charge on any atom is 0.254 e. The number of benzene rings is 2. The van der Waals surface area contributed by atoms with E-state index in [1.54, 1.807) is 49.6 Å². The van der Waals surface area contributed by atoms with E-state index in [9.17, 15) is 10.1 Å². The molecule has 1 amide bonds. The number of thioether (sulfide) groups is 1. The first-order valence-corrected chi connectivity index (χ1v) is 11.4. The van der Waals surface area contributed by atoms with E-state index in [-0.39, 0.29) is 5.91 Å². The average molecular weight is 458 g/mol. The fourth-order valence-corrected chi connectivity index (χ4v) is 4.82. The number of hydrogen-bond acceptors (Lipinski definition) is 6. The Labute approximate surface area is 196 Å². The third-order valence-electron chi connectivity index (χ3n) is 5.35. The molecule has 166 valence electrons. The van der Waals surface area contributed by atoms with Crippen molar-refractivity contribution in [3.63, 3.8) is 0 Å². The number of carbonyl (C=O) groups is 1. The summed E-state index contributed by atoms with van der Waals surface area (Å²) in [6, 6.07) is 21.4. The third kappa shape index (κ3) is 4.81. The van der Waals surface area contributed by atoms with Crippen LogP contribution >= 0.6 is 11.8 Å². The Kier molecular flexibility index (Phi) is 6.86. The largest absolute Gasteiger partial charge is 0.495 e. The Morgan fingerprint density at radius 1 is 1.18 bits per heavy atom. The van der Waals surface area contributed by atoms with Crippen LogP contribution in [0.4, 0.5) is 5.69 Å². The van der Waals surface area contributed by atoms with Gasteiger partial charge in [-0.25, -0.2) is 0 Å². The highest BCUT2D eigenvalue weighted by atomic mass is 32.2. The van der Waals surface area contributed by atoms with Gasteiger partial charge in [-0.2, -0.15) is 5.26 Å². The number of nitrogens with zero attached hydrogens (tertiary/aromatic N) is 1. The second-order valence-electron chi connectivity index (χ2n) is 7.44. The summed E-state index contributed by atoms with van der Waals surface area (Å²) in [6.45, 7) is 1.85. The van der Waals surface area contributed by atoms with Gasteiger partial charge in [-0.15, -0.1) is 11.8 Å². The average Bonchev–Trinajstić information content (AvgIpc) is 3.38. The molecule has 3 aromatic rings. The zero-order chi connectivity index (χ0) is 23.2. The fraction of sp³-hybridized carbons (Fsp3) is 0.154. The summed E-state index contributed by atoms with van der Waals surface area (Å²) in [7, 11) is 1.55. The Bertz CT molecular complexity index is 1240. The van der Waals surface area contributed by atoms with Gasteiger partial charge >= 0.3 is 0 Å². The number of methoxy groups -OCH3 is 1. The number of amides is 1. The van der Waals surface area contributed by atoms with Crippen LogP contribution in [0.2, 0.25) is 0 Å². The highest BCUT2D eigenvalue weighted by molar-refractivity contribution is 8.02. The third-order valence-corrected chi connectivity index (χ3v) is 6.44. The maximum atomic E-state index is 13.5. The summed E-state index contributed by atoms with van der Waals surface area (Å²) in [5.74, 6) is 0.393. The minimum Gasteiger partial charge on any atom is -0.495 e. The quantitative estimate of drug-likeness (QED) is 0.483. The highest BCUT2D eigenvalue weighted by Crippen LogP contribution is 2.42. The van der Waals surface area contributed by atoms with Crippen LogP contribution < -0.4 is 15.4 Å². The van der Waals surface area contributed by atoms with E-state index in [1.807, 2.05) is 49.4 Å². The van der Waals surface area contributed by atoms with Gasteiger partial charge in [-0.3, -0.25) is 4.79 Å². The second-order valence-corrected chi connectivity index (χ2v) is 8.42. The van der Waals surface area contributed by atoms with Gasteiger partial charge in [0.05, 0.1) is 47.9 Å². The van der Waals surface area contributed by atoms with Crippen molar-refractivity contribution in [3.8, 4) is 11.8 Å². The Morgan fingerprint density at radius 3 is 2.64 bits per heavy atom. The second kappa shape index (κ2) is 10.2. The van der Waals surface area contributed by atoms with Gasteiger partial charge in [0.15, 0.2) is 0 Å². The van der Waals surface area contributed by atoms with Gasteiger partial charge in [0, 0.05) is 22.6 Å². The number of anilines is 1. The molecule has 2 N–H and O–H groups in total. The van der Waals surface area contributed by atoms with E-state index < -0.39 is 5.92 Å². The number of dihydropyridines is 1. The van der Waals surface area contributed by atoms with Crippen molar-refractivity contribution in [1.82, 2.24) is 5.32 Å². The number of ether oxygens (including phenoxy) is 1. The molecule has 2 heterocycles. The minimum atomic E-state index is -0.553. The van der Waals surface area contributed by atoms with Gasteiger partial charge < -0.3 is 19.8 Å². The minimum absolute atomic E-state index is 0.310. The number of nitriles is 1. The zero-order valence-electron chi connectivity index (χ0n) is 18.3. The lowest BCUT2D eigenvalue weighted by Crippen LogP contribution is -2.30. The highest BCUT2D eigenvalue weighted by Gasteiger charge is 2.35.